The highest BCUT2D eigenvalue weighted by Gasteiger charge is 2.18. The van der Waals surface area contributed by atoms with Crippen molar-refractivity contribution in [2.75, 3.05) is 19.0 Å². The Bertz CT molecular complexity index is 383. The fourth-order valence-electron chi connectivity index (χ4n) is 1.75. The maximum absolute atomic E-state index is 12.4. The second-order valence-electron chi connectivity index (χ2n) is 4.00. The van der Waals surface area contributed by atoms with Crippen molar-refractivity contribution in [3.8, 4) is 0 Å². The third-order valence-electron chi connectivity index (χ3n) is 2.67. The number of hydrogen-bond donors (Lipinski definition) is 0. The molecule has 3 nitrogen and oxygen atoms in total. The third-order valence-corrected chi connectivity index (χ3v) is 3.28. The Kier molecular flexibility index (Phi) is 6.32. The van der Waals surface area contributed by atoms with Gasteiger partial charge in [0, 0.05) is 26.0 Å². The van der Waals surface area contributed by atoms with Gasteiger partial charge in [-0.1, -0.05) is 18.5 Å². The smallest absolute Gasteiger partial charge is 0.251 e. The molecule has 0 aliphatic rings. The van der Waals surface area contributed by atoms with Crippen LogP contribution in [0.15, 0.2) is 0 Å². The topological polar surface area (TPSA) is 21.1 Å². The van der Waals surface area contributed by atoms with Crippen LogP contribution < -0.4 is 0 Å². The normalized spacial score (nSPS) is 11.8. The molecule has 0 aromatic carbocycles. The fourth-order valence-corrected chi connectivity index (χ4v) is 2.35. The average molecular weight is 300 g/mol. The van der Waals surface area contributed by atoms with Gasteiger partial charge >= 0.3 is 0 Å². The van der Waals surface area contributed by atoms with E-state index < -0.39 is 6.43 Å². The third kappa shape index (κ3) is 4.07. The molecule has 0 saturated heterocycles. The molecule has 0 aliphatic heterocycles. The van der Waals surface area contributed by atoms with E-state index in [4.69, 9.17) is 23.2 Å². The first-order chi connectivity index (χ1) is 8.49. The summed E-state index contributed by atoms with van der Waals surface area (Å²) >= 11 is 11.8. The van der Waals surface area contributed by atoms with Crippen LogP contribution in [0.25, 0.3) is 0 Å². The molecule has 104 valence electrons. The van der Waals surface area contributed by atoms with E-state index in [1.54, 1.807) is 16.6 Å². The fraction of sp³-hybridized carbons (Fsp3) is 0.727. The molecule has 7 heteroatoms. The van der Waals surface area contributed by atoms with Crippen LogP contribution in [0.1, 0.15) is 18.3 Å². The van der Waals surface area contributed by atoms with E-state index in [9.17, 15) is 8.78 Å². The summed E-state index contributed by atoms with van der Waals surface area (Å²) in [5.41, 5.74) is 1.54. The molecule has 0 bridgehead atoms. The van der Waals surface area contributed by atoms with Crippen molar-refractivity contribution in [2.45, 2.75) is 26.3 Å². The van der Waals surface area contributed by atoms with Gasteiger partial charge < -0.3 is 0 Å². The molecule has 18 heavy (non-hydrogen) atoms. The van der Waals surface area contributed by atoms with Crippen LogP contribution in [0, 0.1) is 0 Å². The van der Waals surface area contributed by atoms with Gasteiger partial charge in [-0.25, -0.2) is 8.78 Å². The van der Waals surface area contributed by atoms with Crippen LogP contribution >= 0.6 is 23.2 Å². The SMILES string of the molecule is CCc1nn(C)c(CN(CCCl)CC(F)F)c1Cl. The minimum atomic E-state index is -2.38. The molecule has 0 unspecified atom stereocenters. The van der Waals surface area contributed by atoms with Crippen molar-refractivity contribution >= 4 is 23.2 Å². The quantitative estimate of drug-likeness (QED) is 0.722. The lowest BCUT2D eigenvalue weighted by Gasteiger charge is -2.20. The second-order valence-corrected chi connectivity index (χ2v) is 4.76. The van der Waals surface area contributed by atoms with Crippen molar-refractivity contribution in [3.05, 3.63) is 16.4 Å². The van der Waals surface area contributed by atoms with E-state index in [2.05, 4.69) is 5.10 Å². The zero-order chi connectivity index (χ0) is 13.7. The average Bonchev–Trinajstić information content (AvgIpc) is 2.56. The summed E-state index contributed by atoms with van der Waals surface area (Å²) in [6, 6.07) is 0. The van der Waals surface area contributed by atoms with Gasteiger partial charge in [0.25, 0.3) is 6.43 Å². The highest BCUT2D eigenvalue weighted by atomic mass is 35.5. The molecule has 0 atom stereocenters. The zero-order valence-electron chi connectivity index (χ0n) is 10.5. The van der Waals surface area contributed by atoms with Gasteiger partial charge in [0.05, 0.1) is 23.0 Å². The summed E-state index contributed by atoms with van der Waals surface area (Å²) in [7, 11) is 1.77. The predicted molar refractivity (Wildman–Crippen MR) is 69.6 cm³/mol. The second kappa shape index (κ2) is 7.26. The van der Waals surface area contributed by atoms with Crippen molar-refractivity contribution in [1.82, 2.24) is 14.7 Å². The molecular formula is C11H17Cl2F2N3. The maximum Gasteiger partial charge on any atom is 0.251 e. The molecule has 0 amide bonds. The van der Waals surface area contributed by atoms with Crippen LogP contribution in [-0.2, 0) is 20.0 Å². The summed E-state index contributed by atoms with van der Waals surface area (Å²) < 4.78 is 26.5. The van der Waals surface area contributed by atoms with Crippen LogP contribution in [0.5, 0.6) is 0 Å². The number of alkyl halides is 3. The standard InChI is InChI=1S/C11H17Cl2F2N3/c1-3-8-11(13)9(17(2)16-8)6-18(5-4-12)7-10(14)15/h10H,3-7H2,1-2H3. The van der Waals surface area contributed by atoms with Crippen molar-refractivity contribution in [1.29, 1.82) is 0 Å². The number of nitrogens with zero attached hydrogens (tertiary/aromatic N) is 3. The van der Waals surface area contributed by atoms with Crippen LogP contribution in [0.4, 0.5) is 8.78 Å². The molecular weight excluding hydrogens is 283 g/mol. The Hall–Kier alpha value is -0.390. The lowest BCUT2D eigenvalue weighted by Crippen LogP contribution is -2.31. The molecule has 0 spiro atoms. The molecule has 1 rings (SSSR count). The van der Waals surface area contributed by atoms with E-state index in [1.807, 2.05) is 6.92 Å². The van der Waals surface area contributed by atoms with E-state index in [1.165, 1.54) is 0 Å². The van der Waals surface area contributed by atoms with Gasteiger partial charge in [-0.2, -0.15) is 5.10 Å². The van der Waals surface area contributed by atoms with Crippen molar-refractivity contribution in [3.63, 3.8) is 0 Å². The lowest BCUT2D eigenvalue weighted by molar-refractivity contribution is 0.0867. The molecule has 0 radical (unpaired) electrons. The number of aryl methyl sites for hydroxylation is 2. The summed E-state index contributed by atoms with van der Waals surface area (Å²) in [5, 5.41) is 4.82. The minimum Gasteiger partial charge on any atom is -0.291 e. The van der Waals surface area contributed by atoms with Gasteiger partial charge in [-0.15, -0.1) is 11.6 Å². The van der Waals surface area contributed by atoms with Crippen LogP contribution in [0.3, 0.4) is 0 Å². The van der Waals surface area contributed by atoms with Gasteiger partial charge in [0.2, 0.25) is 0 Å². The molecule has 1 heterocycles. The molecule has 0 aliphatic carbocycles. The molecule has 0 fully saturated rings. The number of rotatable bonds is 7. The summed E-state index contributed by atoms with van der Waals surface area (Å²) in [4.78, 5) is 1.58. The minimum absolute atomic E-state index is 0.308. The summed E-state index contributed by atoms with van der Waals surface area (Å²) in [5.74, 6) is 0.308. The Morgan fingerprint density at radius 2 is 2.11 bits per heavy atom. The van der Waals surface area contributed by atoms with Crippen LogP contribution in [0.2, 0.25) is 5.02 Å². The summed E-state index contributed by atoms with van der Waals surface area (Å²) in [6.07, 6.45) is -1.66. The van der Waals surface area contributed by atoms with Gasteiger partial charge in [0.1, 0.15) is 0 Å². The van der Waals surface area contributed by atoms with E-state index in [0.29, 0.717) is 24.0 Å². The number of aromatic nitrogens is 2. The largest absolute Gasteiger partial charge is 0.291 e. The Morgan fingerprint density at radius 1 is 1.44 bits per heavy atom. The highest BCUT2D eigenvalue weighted by Crippen LogP contribution is 2.22. The van der Waals surface area contributed by atoms with Gasteiger partial charge in [-0.3, -0.25) is 9.58 Å². The van der Waals surface area contributed by atoms with Gasteiger partial charge in [0.15, 0.2) is 0 Å². The molecule has 0 saturated carbocycles. The van der Waals surface area contributed by atoms with Gasteiger partial charge in [-0.05, 0) is 6.42 Å². The van der Waals surface area contributed by atoms with Crippen molar-refractivity contribution < 1.29 is 8.78 Å². The highest BCUT2D eigenvalue weighted by molar-refractivity contribution is 6.31. The predicted octanol–water partition coefficient (Wildman–Crippen LogP) is 2.94. The molecule has 1 aromatic rings. The van der Waals surface area contributed by atoms with Crippen LogP contribution in [-0.4, -0.2) is 40.1 Å². The van der Waals surface area contributed by atoms with E-state index >= 15 is 0 Å². The van der Waals surface area contributed by atoms with E-state index in [0.717, 1.165) is 17.8 Å². The number of halogens is 4. The van der Waals surface area contributed by atoms with Crippen molar-refractivity contribution in [2.24, 2.45) is 7.05 Å². The monoisotopic (exact) mass is 299 g/mol. The van der Waals surface area contributed by atoms with E-state index in [-0.39, 0.29) is 6.54 Å². The first-order valence-electron chi connectivity index (χ1n) is 5.76. The zero-order valence-corrected chi connectivity index (χ0v) is 12.0. The summed E-state index contributed by atoms with van der Waals surface area (Å²) in [6.45, 7) is 2.37. The Morgan fingerprint density at radius 3 is 2.56 bits per heavy atom. The Balaban J connectivity index is 2.82. The molecule has 1 aromatic heterocycles. The number of hydrogen-bond acceptors (Lipinski definition) is 2. The lowest BCUT2D eigenvalue weighted by atomic mass is 10.3. The maximum atomic E-state index is 12.4. The Labute approximate surface area is 116 Å². The first-order valence-corrected chi connectivity index (χ1v) is 6.67. The molecule has 0 N–H and O–H groups in total. The first kappa shape index (κ1) is 15.7.